The minimum absolute atomic E-state index is 0.0338. The summed E-state index contributed by atoms with van der Waals surface area (Å²) in [7, 11) is -2.34. The maximum absolute atomic E-state index is 13.4. The Bertz CT molecular complexity index is 1460. The predicted octanol–water partition coefficient (Wildman–Crippen LogP) is 4.21. The molecule has 5 atom stereocenters. The highest BCUT2D eigenvalue weighted by Crippen LogP contribution is 2.47. The van der Waals surface area contributed by atoms with E-state index >= 15 is 0 Å². The average molecular weight is 600 g/mol. The predicted molar refractivity (Wildman–Crippen MR) is 159 cm³/mol. The summed E-state index contributed by atoms with van der Waals surface area (Å²) in [4.78, 5) is 15.2. The summed E-state index contributed by atoms with van der Waals surface area (Å²) < 4.78 is 41.4. The van der Waals surface area contributed by atoms with E-state index in [0.29, 0.717) is 37.3 Å². The van der Waals surface area contributed by atoms with Crippen molar-refractivity contribution in [3.63, 3.8) is 0 Å². The molecule has 0 aromatic heterocycles. The molecule has 2 N–H and O–H groups in total. The lowest BCUT2D eigenvalue weighted by Gasteiger charge is -2.46. The van der Waals surface area contributed by atoms with Crippen LogP contribution in [-0.4, -0.2) is 59.8 Å². The molecule has 2 aliphatic carbocycles. The van der Waals surface area contributed by atoms with Gasteiger partial charge in [0.1, 0.15) is 5.75 Å². The number of ether oxygens (including phenoxy) is 2. The summed E-state index contributed by atoms with van der Waals surface area (Å²) in [6, 6.07) is 10.4. The first-order valence-electron chi connectivity index (χ1n) is 14.5. The minimum Gasteiger partial charge on any atom is -0.490 e. The van der Waals surface area contributed by atoms with Gasteiger partial charge in [0.25, 0.3) is 15.9 Å². The molecular formula is C31H38ClN3O5S. The zero-order chi connectivity index (χ0) is 28.8. The van der Waals surface area contributed by atoms with E-state index in [0.717, 1.165) is 49.4 Å². The molecule has 6 rings (SSSR count). The van der Waals surface area contributed by atoms with Gasteiger partial charge < -0.3 is 19.7 Å². The summed E-state index contributed by atoms with van der Waals surface area (Å²) in [6.45, 7) is 4.03. The average Bonchev–Trinajstić information content (AvgIpc) is 3.08. The molecule has 2 bridgehead atoms. The topological polar surface area (TPSA) is 97.0 Å². The maximum atomic E-state index is 13.4. The monoisotopic (exact) mass is 599 g/mol. The lowest BCUT2D eigenvalue weighted by atomic mass is 9.68. The Morgan fingerprint density at radius 3 is 2.80 bits per heavy atom. The Hall–Kier alpha value is -2.59. The number of nitrogens with one attached hydrogen (secondary N) is 2. The van der Waals surface area contributed by atoms with Crippen molar-refractivity contribution in [2.75, 3.05) is 38.3 Å². The van der Waals surface area contributed by atoms with E-state index in [1.807, 2.05) is 12.1 Å². The second-order valence-electron chi connectivity index (χ2n) is 12.0. The number of anilines is 1. The molecule has 2 heterocycles. The summed E-state index contributed by atoms with van der Waals surface area (Å²) in [5.74, 6) is 0.772. The third-order valence-electron chi connectivity index (χ3n) is 9.44. The van der Waals surface area contributed by atoms with Crippen LogP contribution in [-0.2, 0) is 31.4 Å². The van der Waals surface area contributed by atoms with E-state index in [1.54, 1.807) is 26.2 Å². The number of aryl methyl sites for hydroxylation is 1. The zero-order valence-electron chi connectivity index (χ0n) is 23.6. The molecule has 4 aliphatic rings. The van der Waals surface area contributed by atoms with Crippen molar-refractivity contribution >= 4 is 33.2 Å². The fraction of sp³-hybridized carbons (Fsp3) is 0.516. The Kier molecular flexibility index (Phi) is 7.82. The lowest BCUT2D eigenvalue weighted by Crippen LogP contribution is -2.49. The first kappa shape index (κ1) is 28.5. The van der Waals surface area contributed by atoms with Gasteiger partial charge in [-0.3, -0.25) is 4.79 Å². The van der Waals surface area contributed by atoms with Crippen molar-refractivity contribution in [3.8, 4) is 5.75 Å². The highest BCUT2D eigenvalue weighted by Gasteiger charge is 2.44. The molecule has 1 fully saturated rings. The Balaban J connectivity index is 1.44. The highest BCUT2D eigenvalue weighted by molar-refractivity contribution is 7.90. The van der Waals surface area contributed by atoms with E-state index in [1.165, 1.54) is 17.2 Å². The molecule has 2 aliphatic heterocycles. The quantitative estimate of drug-likeness (QED) is 0.474. The molecule has 0 unspecified atom stereocenters. The minimum atomic E-state index is -4.09. The van der Waals surface area contributed by atoms with Crippen LogP contribution in [0.5, 0.6) is 5.75 Å². The van der Waals surface area contributed by atoms with Gasteiger partial charge in [-0.25, -0.2) is 13.1 Å². The van der Waals surface area contributed by atoms with Crippen LogP contribution in [0.15, 0.2) is 53.4 Å². The first-order chi connectivity index (χ1) is 19.7. The smallest absolute Gasteiger partial charge is 0.264 e. The molecule has 0 saturated heterocycles. The zero-order valence-corrected chi connectivity index (χ0v) is 25.1. The van der Waals surface area contributed by atoms with E-state index in [-0.39, 0.29) is 16.4 Å². The highest BCUT2D eigenvalue weighted by atomic mass is 35.5. The molecule has 1 saturated carbocycles. The standard InChI is InChI=1S/C31H38ClN3O5S/c1-20-30(36)34-41(37,38)24-9-12-29-27(16-24)35(17-22-7-10-25(22)28(39-2)6-4-14-33-20)18-31(19-40-29)13-3-5-21-15-23(32)8-11-26(21)31/h4,6,8-9,11-12,15-16,20,22,25,28,33H,3,5,7,10,13-14,17-19H2,1-2H3,(H,34,36)/b6-4+/t20-,22-,25+,28+,31-/m0/s1. The van der Waals surface area contributed by atoms with Crippen molar-refractivity contribution in [1.82, 2.24) is 10.0 Å². The lowest BCUT2D eigenvalue weighted by molar-refractivity contribution is -0.120. The van der Waals surface area contributed by atoms with Crippen molar-refractivity contribution in [1.29, 1.82) is 0 Å². The molecule has 1 amide bonds. The molecule has 2 aromatic carbocycles. The van der Waals surface area contributed by atoms with Gasteiger partial charge in [-0.15, -0.1) is 0 Å². The summed E-state index contributed by atoms with van der Waals surface area (Å²) in [6.07, 6.45) is 9.12. The summed E-state index contributed by atoms with van der Waals surface area (Å²) in [5, 5.41) is 3.82. The van der Waals surface area contributed by atoms with Crippen LogP contribution in [0.1, 0.15) is 43.7 Å². The van der Waals surface area contributed by atoms with Crippen LogP contribution < -0.4 is 19.7 Å². The molecular weight excluding hydrogens is 562 g/mol. The SMILES string of the molecule is CO[C@@H]1/C=C/CN[C@@H](C)C(=O)NS(=O)(=O)c2ccc3c(c2)N(C[C@@H]2CC[C@H]21)C[C@@]1(CCCc2cc(Cl)ccc21)CO3. The number of nitrogens with zero attached hydrogens (tertiary/aromatic N) is 1. The number of halogens is 1. The Morgan fingerprint density at radius 2 is 2.02 bits per heavy atom. The van der Waals surface area contributed by atoms with E-state index < -0.39 is 22.0 Å². The Labute approximate surface area is 247 Å². The normalized spacial score (nSPS) is 32.0. The van der Waals surface area contributed by atoms with Crippen molar-refractivity contribution in [3.05, 3.63) is 64.7 Å². The maximum Gasteiger partial charge on any atom is 0.264 e. The molecule has 1 spiro atoms. The number of benzene rings is 2. The van der Waals surface area contributed by atoms with Gasteiger partial charge in [-0.05, 0) is 92.3 Å². The number of carbonyl (C=O) groups is 1. The number of carbonyl (C=O) groups excluding carboxylic acids is 1. The van der Waals surface area contributed by atoms with Gasteiger partial charge in [-0.2, -0.15) is 0 Å². The van der Waals surface area contributed by atoms with E-state index in [4.69, 9.17) is 21.1 Å². The number of hydrogen-bond acceptors (Lipinski definition) is 7. The largest absolute Gasteiger partial charge is 0.490 e. The number of sulfonamides is 1. The summed E-state index contributed by atoms with van der Waals surface area (Å²) in [5.41, 5.74) is 3.00. The number of methoxy groups -OCH3 is 1. The molecule has 0 radical (unpaired) electrons. The van der Waals surface area contributed by atoms with Crippen LogP contribution in [0.2, 0.25) is 5.02 Å². The van der Waals surface area contributed by atoms with Crippen molar-refractivity contribution < 1.29 is 22.7 Å². The van der Waals surface area contributed by atoms with E-state index in [9.17, 15) is 13.2 Å². The van der Waals surface area contributed by atoms with Gasteiger partial charge in [0, 0.05) is 37.2 Å². The third-order valence-corrected chi connectivity index (χ3v) is 11.0. The van der Waals surface area contributed by atoms with Gasteiger partial charge >= 0.3 is 0 Å². The van der Waals surface area contributed by atoms with Crippen LogP contribution in [0, 0.1) is 11.8 Å². The molecule has 220 valence electrons. The summed E-state index contributed by atoms with van der Waals surface area (Å²) >= 11 is 6.39. The Morgan fingerprint density at radius 1 is 1.17 bits per heavy atom. The van der Waals surface area contributed by atoms with E-state index in [2.05, 4.69) is 33.1 Å². The second kappa shape index (κ2) is 11.2. The van der Waals surface area contributed by atoms with Crippen LogP contribution >= 0.6 is 11.6 Å². The van der Waals surface area contributed by atoms with Gasteiger partial charge in [0.05, 0.1) is 29.3 Å². The number of fused-ring (bicyclic) bond motifs is 4. The number of rotatable bonds is 1. The molecule has 2 aromatic rings. The third kappa shape index (κ3) is 5.49. The second-order valence-corrected chi connectivity index (χ2v) is 14.1. The van der Waals surface area contributed by atoms with Crippen molar-refractivity contribution in [2.24, 2.45) is 11.8 Å². The molecule has 41 heavy (non-hydrogen) atoms. The molecule has 10 heteroatoms. The van der Waals surface area contributed by atoms with Gasteiger partial charge in [0.15, 0.2) is 0 Å². The van der Waals surface area contributed by atoms with Crippen LogP contribution in [0.4, 0.5) is 5.69 Å². The van der Waals surface area contributed by atoms with Crippen LogP contribution in [0.25, 0.3) is 0 Å². The molecule has 8 nitrogen and oxygen atoms in total. The number of amides is 1. The van der Waals surface area contributed by atoms with Gasteiger partial charge in [-0.1, -0.05) is 29.8 Å². The first-order valence-corrected chi connectivity index (χ1v) is 16.4. The van der Waals surface area contributed by atoms with Crippen LogP contribution in [0.3, 0.4) is 0 Å². The fourth-order valence-corrected chi connectivity index (χ4v) is 8.28. The van der Waals surface area contributed by atoms with Crippen molar-refractivity contribution in [2.45, 2.75) is 61.5 Å². The number of hydrogen-bond donors (Lipinski definition) is 2. The fourth-order valence-electron chi connectivity index (χ4n) is 7.01. The van der Waals surface area contributed by atoms with Gasteiger partial charge in [0.2, 0.25) is 0 Å².